The molecule has 1 aliphatic carbocycles. The summed E-state index contributed by atoms with van der Waals surface area (Å²) in [7, 11) is 1.48. The lowest BCUT2D eigenvalue weighted by Crippen LogP contribution is -2.35. The van der Waals surface area contributed by atoms with E-state index >= 15 is 0 Å². The number of hydrogen-bond donors (Lipinski definition) is 1. The molecule has 0 radical (unpaired) electrons. The molecule has 0 aromatic rings. The summed E-state index contributed by atoms with van der Waals surface area (Å²) in [6.07, 6.45) is 4.93. The number of nitrogens with zero attached hydrogens (tertiary/aromatic N) is 2. The second-order valence-corrected chi connectivity index (χ2v) is 5.59. The first kappa shape index (κ1) is 18.6. The first-order valence-electron chi connectivity index (χ1n) is 7.48. The van der Waals surface area contributed by atoms with Gasteiger partial charge in [0.1, 0.15) is 6.73 Å². The Balaban J connectivity index is 2.03. The highest BCUT2D eigenvalue weighted by Crippen LogP contribution is 2.22. The molecule has 0 saturated carbocycles. The van der Waals surface area contributed by atoms with Crippen molar-refractivity contribution in [3.05, 3.63) is 57.5 Å². The highest BCUT2D eigenvalue weighted by Gasteiger charge is 2.23. The Hall–Kier alpha value is -2.78. The van der Waals surface area contributed by atoms with Crippen LogP contribution in [0, 0.1) is 10.1 Å². The minimum Gasteiger partial charge on any atom is -0.372 e. The fraction of sp³-hybridized carbons (Fsp3) is 0.375. The molecule has 25 heavy (non-hydrogen) atoms. The molecular weight excluding hydrogens is 330 g/mol. The van der Waals surface area contributed by atoms with Gasteiger partial charge in [0.05, 0.1) is 42.2 Å². The van der Waals surface area contributed by atoms with Gasteiger partial charge in [-0.15, -0.1) is 0 Å². The zero-order valence-corrected chi connectivity index (χ0v) is 13.8. The summed E-state index contributed by atoms with van der Waals surface area (Å²) >= 11 is 0. The van der Waals surface area contributed by atoms with E-state index < -0.39 is 16.7 Å². The molecule has 2 amide bonds. The van der Waals surface area contributed by atoms with Gasteiger partial charge in [-0.05, 0) is 11.6 Å². The van der Waals surface area contributed by atoms with Crippen LogP contribution in [0.2, 0.25) is 0 Å². The van der Waals surface area contributed by atoms with E-state index in [4.69, 9.17) is 9.47 Å². The fourth-order valence-corrected chi connectivity index (χ4v) is 2.39. The molecule has 0 unspecified atom stereocenters. The van der Waals surface area contributed by atoms with E-state index in [0.29, 0.717) is 11.1 Å². The molecule has 9 heteroatoms. The number of hydrogen-bond acceptors (Lipinski definition) is 7. The molecule has 134 valence electrons. The van der Waals surface area contributed by atoms with Crippen molar-refractivity contribution in [2.45, 2.75) is 6.42 Å². The molecule has 9 nitrogen and oxygen atoms in total. The van der Waals surface area contributed by atoms with Crippen molar-refractivity contribution in [2.75, 3.05) is 33.6 Å². The van der Waals surface area contributed by atoms with E-state index in [1.807, 2.05) is 0 Å². The summed E-state index contributed by atoms with van der Waals surface area (Å²) in [5.74, 6) is -1.000. The Morgan fingerprint density at radius 3 is 2.80 bits per heavy atom. The molecule has 0 aromatic carbocycles. The minimum atomic E-state index is -0.556. The van der Waals surface area contributed by atoms with Crippen LogP contribution in [-0.2, 0) is 19.1 Å². The van der Waals surface area contributed by atoms with E-state index in [1.54, 1.807) is 12.2 Å². The topological polar surface area (TPSA) is 111 Å². The Bertz CT molecular complexity index is 692. The van der Waals surface area contributed by atoms with Crippen molar-refractivity contribution in [2.24, 2.45) is 0 Å². The van der Waals surface area contributed by atoms with Gasteiger partial charge in [0.15, 0.2) is 0 Å². The first-order valence-corrected chi connectivity index (χ1v) is 7.48. The number of methoxy groups -OCH3 is 1. The Morgan fingerprint density at radius 1 is 1.36 bits per heavy atom. The minimum absolute atomic E-state index is 0.00937. The highest BCUT2D eigenvalue weighted by molar-refractivity contribution is 6.05. The first-order chi connectivity index (χ1) is 11.9. The number of nitrogens with one attached hydrogen (secondary N) is 1. The molecule has 0 atom stereocenters. The maximum absolute atomic E-state index is 12.0. The van der Waals surface area contributed by atoms with E-state index in [0.717, 1.165) is 0 Å². The molecule has 2 rings (SSSR count). The van der Waals surface area contributed by atoms with Gasteiger partial charge in [-0.2, -0.15) is 0 Å². The average molecular weight is 349 g/mol. The lowest BCUT2D eigenvalue weighted by atomic mass is 10.0. The van der Waals surface area contributed by atoms with Crippen LogP contribution in [-0.4, -0.2) is 55.2 Å². The van der Waals surface area contributed by atoms with Crippen molar-refractivity contribution >= 4 is 11.8 Å². The van der Waals surface area contributed by atoms with Gasteiger partial charge < -0.3 is 14.4 Å². The SMILES string of the molecule is C=C1C=CC(COCC2=CN(COC)CC(=O)NC2=O)=C([N+](=O)[O-])C1. The van der Waals surface area contributed by atoms with Crippen LogP contribution in [0.4, 0.5) is 0 Å². The van der Waals surface area contributed by atoms with Gasteiger partial charge in [0.25, 0.3) is 11.6 Å². The number of nitro groups is 1. The number of allylic oxidation sites excluding steroid dienone is 2. The second-order valence-electron chi connectivity index (χ2n) is 5.59. The Kier molecular flexibility index (Phi) is 6.20. The summed E-state index contributed by atoms with van der Waals surface area (Å²) in [4.78, 5) is 35.8. The van der Waals surface area contributed by atoms with Gasteiger partial charge in [0, 0.05) is 13.3 Å². The molecule has 1 heterocycles. The average Bonchev–Trinajstić information content (AvgIpc) is 2.67. The predicted octanol–water partition coefficient (Wildman–Crippen LogP) is 0.496. The molecule has 2 aliphatic rings. The zero-order chi connectivity index (χ0) is 18.4. The summed E-state index contributed by atoms with van der Waals surface area (Å²) in [5, 5.41) is 13.3. The Labute approximate surface area is 144 Å². The monoisotopic (exact) mass is 349 g/mol. The number of ether oxygens (including phenoxy) is 2. The molecule has 0 fully saturated rings. The van der Waals surface area contributed by atoms with Crippen molar-refractivity contribution in [1.29, 1.82) is 0 Å². The number of carbonyl (C=O) groups is 2. The number of carbonyl (C=O) groups excluding carboxylic acids is 2. The van der Waals surface area contributed by atoms with Crippen LogP contribution in [0.5, 0.6) is 0 Å². The van der Waals surface area contributed by atoms with Gasteiger partial charge in [0.2, 0.25) is 5.91 Å². The van der Waals surface area contributed by atoms with Crippen molar-refractivity contribution < 1.29 is 24.0 Å². The Morgan fingerprint density at radius 2 is 2.12 bits per heavy atom. The van der Waals surface area contributed by atoms with Crippen LogP contribution in [0.3, 0.4) is 0 Å². The maximum Gasteiger partial charge on any atom is 0.257 e. The number of imide groups is 1. The van der Waals surface area contributed by atoms with Crippen molar-refractivity contribution in [3.8, 4) is 0 Å². The van der Waals surface area contributed by atoms with Crippen LogP contribution in [0.1, 0.15) is 6.42 Å². The third-order valence-electron chi connectivity index (χ3n) is 3.55. The van der Waals surface area contributed by atoms with E-state index in [1.165, 1.54) is 18.2 Å². The largest absolute Gasteiger partial charge is 0.372 e. The summed E-state index contributed by atoms with van der Waals surface area (Å²) in [6.45, 7) is 3.73. The van der Waals surface area contributed by atoms with Gasteiger partial charge in [-0.3, -0.25) is 25.0 Å². The summed E-state index contributed by atoms with van der Waals surface area (Å²) in [5.41, 5.74) is 1.34. The fourth-order valence-electron chi connectivity index (χ4n) is 2.39. The second kappa shape index (κ2) is 8.36. The quantitative estimate of drug-likeness (QED) is 0.405. The molecule has 0 spiro atoms. The van der Waals surface area contributed by atoms with Crippen LogP contribution < -0.4 is 5.32 Å². The van der Waals surface area contributed by atoms with Crippen LogP contribution >= 0.6 is 0 Å². The van der Waals surface area contributed by atoms with Crippen LogP contribution in [0.15, 0.2) is 47.3 Å². The third-order valence-corrected chi connectivity index (χ3v) is 3.55. The molecule has 1 aliphatic heterocycles. The van der Waals surface area contributed by atoms with E-state index in [9.17, 15) is 19.7 Å². The molecule has 1 N–H and O–H groups in total. The van der Waals surface area contributed by atoms with Crippen molar-refractivity contribution in [3.63, 3.8) is 0 Å². The normalized spacial score (nSPS) is 18.2. The molecular formula is C16H19N3O6. The molecule has 0 aromatic heterocycles. The van der Waals surface area contributed by atoms with Crippen molar-refractivity contribution in [1.82, 2.24) is 10.2 Å². The summed E-state index contributed by atoms with van der Waals surface area (Å²) in [6, 6.07) is 0. The highest BCUT2D eigenvalue weighted by atomic mass is 16.6. The predicted molar refractivity (Wildman–Crippen MR) is 87.6 cm³/mol. The van der Waals surface area contributed by atoms with Crippen LogP contribution in [0.25, 0.3) is 0 Å². The van der Waals surface area contributed by atoms with E-state index in [-0.39, 0.29) is 44.2 Å². The number of amides is 2. The van der Waals surface area contributed by atoms with Gasteiger partial charge >= 0.3 is 0 Å². The lowest BCUT2D eigenvalue weighted by Gasteiger charge is -2.16. The van der Waals surface area contributed by atoms with Gasteiger partial charge in [-0.1, -0.05) is 12.7 Å². The number of rotatable bonds is 7. The zero-order valence-electron chi connectivity index (χ0n) is 13.8. The standard InChI is InChI=1S/C16H19N3O6/c1-11-3-4-12(14(5-11)19(22)23)8-25-9-13-6-18(10-24-2)7-15(20)17-16(13)21/h3-4,6H,1,5,7-10H2,2H3,(H,17,20,21). The smallest absolute Gasteiger partial charge is 0.257 e. The maximum atomic E-state index is 12.0. The van der Waals surface area contributed by atoms with Gasteiger partial charge in [-0.25, -0.2) is 0 Å². The molecule has 0 saturated heterocycles. The van der Waals surface area contributed by atoms with E-state index in [2.05, 4.69) is 11.9 Å². The molecule has 0 bridgehead atoms. The lowest BCUT2D eigenvalue weighted by molar-refractivity contribution is -0.428. The third kappa shape index (κ3) is 5.10. The summed E-state index contributed by atoms with van der Waals surface area (Å²) < 4.78 is 10.4.